The first-order valence-electron chi connectivity index (χ1n) is 10.1. The van der Waals surface area contributed by atoms with E-state index in [0.29, 0.717) is 36.8 Å². The zero-order chi connectivity index (χ0) is 21.5. The van der Waals surface area contributed by atoms with Crippen LogP contribution in [0.3, 0.4) is 0 Å². The van der Waals surface area contributed by atoms with Gasteiger partial charge in [0.1, 0.15) is 25.4 Å². The van der Waals surface area contributed by atoms with Crippen LogP contribution in [0.1, 0.15) is 24.2 Å². The standard InChI is InChI=1S/C23H29NO6/c1-4-24(13-19-15-29-20-7-5-6-8-22(20)30-19)12-18(26)14-28-21-10-9-17(16(2)25)11-23(21)27-3/h5-11,18-19,26H,4,12-15H2,1-3H3. The first-order valence-corrected chi connectivity index (χ1v) is 10.1. The van der Waals surface area contributed by atoms with E-state index in [2.05, 4.69) is 4.90 Å². The first kappa shape index (κ1) is 21.9. The zero-order valence-electron chi connectivity index (χ0n) is 17.7. The van der Waals surface area contributed by atoms with E-state index in [-0.39, 0.29) is 18.5 Å². The molecule has 3 rings (SSSR count). The van der Waals surface area contributed by atoms with Gasteiger partial charge in [-0.15, -0.1) is 0 Å². The fourth-order valence-corrected chi connectivity index (χ4v) is 3.32. The molecule has 0 saturated heterocycles. The summed E-state index contributed by atoms with van der Waals surface area (Å²) < 4.78 is 22.8. The van der Waals surface area contributed by atoms with Gasteiger partial charge in [0.15, 0.2) is 28.8 Å². The molecule has 1 N–H and O–H groups in total. The van der Waals surface area contributed by atoms with Crippen molar-refractivity contribution in [3.63, 3.8) is 0 Å². The number of hydrogen-bond donors (Lipinski definition) is 1. The van der Waals surface area contributed by atoms with Crippen molar-refractivity contribution in [3.8, 4) is 23.0 Å². The summed E-state index contributed by atoms with van der Waals surface area (Å²) in [6.07, 6.45) is -0.800. The summed E-state index contributed by atoms with van der Waals surface area (Å²) in [7, 11) is 1.52. The number of para-hydroxylation sites is 2. The molecule has 162 valence electrons. The minimum atomic E-state index is -0.695. The molecule has 0 radical (unpaired) electrons. The van der Waals surface area contributed by atoms with E-state index in [1.165, 1.54) is 14.0 Å². The van der Waals surface area contributed by atoms with Crippen molar-refractivity contribution in [2.75, 3.05) is 40.0 Å². The van der Waals surface area contributed by atoms with Crippen LogP contribution in [0.25, 0.3) is 0 Å². The second-order valence-electron chi connectivity index (χ2n) is 7.24. The third-order valence-corrected chi connectivity index (χ3v) is 4.95. The maximum atomic E-state index is 11.5. The Bertz CT molecular complexity index is 855. The number of carbonyl (C=O) groups is 1. The second-order valence-corrected chi connectivity index (χ2v) is 7.24. The molecule has 0 aromatic heterocycles. The predicted molar refractivity (Wildman–Crippen MR) is 113 cm³/mol. The van der Waals surface area contributed by atoms with Gasteiger partial charge in [-0.2, -0.15) is 0 Å². The molecule has 0 fully saturated rings. The van der Waals surface area contributed by atoms with E-state index in [1.54, 1.807) is 18.2 Å². The van der Waals surface area contributed by atoms with Gasteiger partial charge in [-0.3, -0.25) is 9.69 Å². The number of methoxy groups -OCH3 is 1. The molecule has 0 aliphatic carbocycles. The van der Waals surface area contributed by atoms with Crippen molar-refractivity contribution >= 4 is 5.78 Å². The number of ether oxygens (including phenoxy) is 4. The Morgan fingerprint density at radius 3 is 2.70 bits per heavy atom. The summed E-state index contributed by atoms with van der Waals surface area (Å²) in [6, 6.07) is 12.6. The monoisotopic (exact) mass is 415 g/mol. The number of Topliss-reactive ketones (excluding diaryl/α,β-unsaturated/α-hetero) is 1. The van der Waals surface area contributed by atoms with Crippen molar-refractivity contribution in [3.05, 3.63) is 48.0 Å². The summed E-state index contributed by atoms with van der Waals surface area (Å²) in [4.78, 5) is 13.6. The molecule has 0 spiro atoms. The predicted octanol–water partition coefficient (Wildman–Crippen LogP) is 2.80. The van der Waals surface area contributed by atoms with Gasteiger partial charge in [-0.25, -0.2) is 0 Å². The van der Waals surface area contributed by atoms with Gasteiger partial charge >= 0.3 is 0 Å². The molecule has 0 bridgehead atoms. The summed E-state index contributed by atoms with van der Waals surface area (Å²) >= 11 is 0. The lowest BCUT2D eigenvalue weighted by Crippen LogP contribution is -2.44. The number of fused-ring (bicyclic) bond motifs is 1. The molecule has 2 atom stereocenters. The van der Waals surface area contributed by atoms with E-state index in [9.17, 15) is 9.90 Å². The molecular weight excluding hydrogens is 386 g/mol. The average Bonchev–Trinajstić information content (AvgIpc) is 2.76. The van der Waals surface area contributed by atoms with Crippen LogP contribution in [-0.4, -0.2) is 68.0 Å². The fraction of sp³-hybridized carbons (Fsp3) is 0.435. The quantitative estimate of drug-likeness (QED) is 0.598. The molecule has 7 nitrogen and oxygen atoms in total. The number of ketones is 1. The summed E-state index contributed by atoms with van der Waals surface area (Å²) in [5.41, 5.74) is 0.549. The summed E-state index contributed by atoms with van der Waals surface area (Å²) in [5.74, 6) is 2.42. The highest BCUT2D eigenvalue weighted by Crippen LogP contribution is 2.31. The second kappa shape index (κ2) is 10.3. The topological polar surface area (TPSA) is 77.5 Å². The van der Waals surface area contributed by atoms with Crippen molar-refractivity contribution in [1.29, 1.82) is 0 Å². The van der Waals surface area contributed by atoms with Crippen LogP contribution in [0.15, 0.2) is 42.5 Å². The van der Waals surface area contributed by atoms with Crippen LogP contribution in [0.4, 0.5) is 0 Å². The highest BCUT2D eigenvalue weighted by Gasteiger charge is 2.24. The van der Waals surface area contributed by atoms with E-state index >= 15 is 0 Å². The van der Waals surface area contributed by atoms with Crippen LogP contribution in [0.5, 0.6) is 23.0 Å². The molecule has 7 heteroatoms. The number of likely N-dealkylation sites (N-methyl/N-ethyl adjacent to an activating group) is 1. The molecule has 0 saturated carbocycles. The Kier molecular flexibility index (Phi) is 7.54. The number of benzene rings is 2. The van der Waals surface area contributed by atoms with E-state index in [1.807, 2.05) is 31.2 Å². The molecular formula is C23H29NO6. The van der Waals surface area contributed by atoms with Gasteiger partial charge in [0.25, 0.3) is 0 Å². The lowest BCUT2D eigenvalue weighted by Gasteiger charge is -2.31. The van der Waals surface area contributed by atoms with Crippen LogP contribution in [0, 0.1) is 0 Å². The molecule has 0 amide bonds. The molecule has 2 aromatic rings. The third kappa shape index (κ3) is 5.64. The summed E-state index contributed by atoms with van der Waals surface area (Å²) in [5, 5.41) is 10.5. The third-order valence-electron chi connectivity index (χ3n) is 4.95. The van der Waals surface area contributed by atoms with Crippen molar-refractivity contribution in [2.24, 2.45) is 0 Å². The fourth-order valence-electron chi connectivity index (χ4n) is 3.32. The Morgan fingerprint density at radius 1 is 1.23 bits per heavy atom. The normalized spacial score (nSPS) is 16.2. The van der Waals surface area contributed by atoms with Gasteiger partial charge in [0.05, 0.1) is 7.11 Å². The number of hydrogen-bond acceptors (Lipinski definition) is 7. The van der Waals surface area contributed by atoms with Gasteiger partial charge in [0.2, 0.25) is 0 Å². The van der Waals surface area contributed by atoms with Crippen molar-refractivity contribution in [2.45, 2.75) is 26.1 Å². The SMILES string of the molecule is CCN(CC(O)COc1ccc(C(C)=O)cc1OC)CC1COc2ccccc2O1. The van der Waals surface area contributed by atoms with Crippen LogP contribution in [-0.2, 0) is 0 Å². The van der Waals surface area contributed by atoms with Gasteiger partial charge < -0.3 is 24.1 Å². The molecule has 1 heterocycles. The largest absolute Gasteiger partial charge is 0.493 e. The zero-order valence-corrected chi connectivity index (χ0v) is 17.7. The van der Waals surface area contributed by atoms with Crippen molar-refractivity contribution in [1.82, 2.24) is 4.90 Å². The highest BCUT2D eigenvalue weighted by atomic mass is 16.6. The smallest absolute Gasteiger partial charge is 0.161 e. The number of rotatable bonds is 10. The molecule has 30 heavy (non-hydrogen) atoms. The van der Waals surface area contributed by atoms with Gasteiger partial charge in [0, 0.05) is 18.7 Å². The van der Waals surface area contributed by atoms with Gasteiger partial charge in [-0.05, 0) is 43.8 Å². The summed E-state index contributed by atoms with van der Waals surface area (Å²) in [6.45, 7) is 5.95. The number of carbonyl (C=O) groups excluding carboxylic acids is 1. The number of aliphatic hydroxyl groups is 1. The Balaban J connectivity index is 1.51. The van der Waals surface area contributed by atoms with Crippen LogP contribution >= 0.6 is 0 Å². The molecule has 2 unspecified atom stereocenters. The first-order chi connectivity index (χ1) is 14.5. The molecule has 2 aromatic carbocycles. The number of nitrogens with zero attached hydrogens (tertiary/aromatic N) is 1. The minimum absolute atomic E-state index is 0.0463. The maximum Gasteiger partial charge on any atom is 0.161 e. The lowest BCUT2D eigenvalue weighted by molar-refractivity contribution is 0.0297. The van der Waals surface area contributed by atoms with Crippen LogP contribution < -0.4 is 18.9 Å². The van der Waals surface area contributed by atoms with Crippen LogP contribution in [0.2, 0.25) is 0 Å². The Labute approximate surface area is 177 Å². The van der Waals surface area contributed by atoms with Crippen molar-refractivity contribution < 1.29 is 28.8 Å². The highest BCUT2D eigenvalue weighted by molar-refractivity contribution is 5.94. The maximum absolute atomic E-state index is 11.5. The Morgan fingerprint density at radius 2 is 2.00 bits per heavy atom. The molecule has 1 aliphatic heterocycles. The lowest BCUT2D eigenvalue weighted by atomic mass is 10.1. The van der Waals surface area contributed by atoms with E-state index in [4.69, 9.17) is 18.9 Å². The Hall–Kier alpha value is -2.77. The average molecular weight is 415 g/mol. The molecule has 1 aliphatic rings. The number of aliphatic hydroxyl groups excluding tert-OH is 1. The van der Waals surface area contributed by atoms with Gasteiger partial charge in [-0.1, -0.05) is 19.1 Å². The van der Waals surface area contributed by atoms with E-state index < -0.39 is 6.10 Å². The van der Waals surface area contributed by atoms with E-state index in [0.717, 1.165) is 18.0 Å². The minimum Gasteiger partial charge on any atom is -0.493 e.